The zero-order valence-electron chi connectivity index (χ0n) is 15.6. The van der Waals surface area contributed by atoms with E-state index in [0.29, 0.717) is 30.0 Å². The molecular weight excluding hydrogens is 358 g/mol. The normalized spacial score (nSPS) is 17.2. The maximum atomic E-state index is 13.2. The van der Waals surface area contributed by atoms with Crippen molar-refractivity contribution in [1.29, 1.82) is 0 Å². The van der Waals surface area contributed by atoms with Crippen molar-refractivity contribution in [2.75, 3.05) is 31.7 Å². The molecule has 2 heterocycles. The minimum absolute atomic E-state index is 0.130. The number of anilines is 1. The molecule has 0 aromatic heterocycles. The van der Waals surface area contributed by atoms with Crippen molar-refractivity contribution in [3.63, 3.8) is 0 Å². The SMILES string of the molecule is COCCNC(=O)CCN1C(=O)c2ccccc2N2C(=O)c3ccccc3C12. The summed E-state index contributed by atoms with van der Waals surface area (Å²) >= 11 is 0. The van der Waals surface area contributed by atoms with Gasteiger partial charge in [0.25, 0.3) is 11.8 Å². The number of carbonyl (C=O) groups excluding carboxylic acids is 3. The smallest absolute Gasteiger partial charge is 0.260 e. The van der Waals surface area contributed by atoms with Crippen LogP contribution in [0.5, 0.6) is 0 Å². The van der Waals surface area contributed by atoms with Gasteiger partial charge < -0.3 is 15.0 Å². The maximum Gasteiger partial charge on any atom is 0.260 e. The first kappa shape index (κ1) is 18.2. The van der Waals surface area contributed by atoms with Gasteiger partial charge in [0.2, 0.25) is 5.91 Å². The highest BCUT2D eigenvalue weighted by Crippen LogP contribution is 2.44. The van der Waals surface area contributed by atoms with Crippen LogP contribution in [0, 0.1) is 0 Å². The van der Waals surface area contributed by atoms with Gasteiger partial charge in [-0.2, -0.15) is 0 Å². The molecular formula is C21H21N3O4. The Morgan fingerprint density at radius 1 is 1.04 bits per heavy atom. The zero-order valence-corrected chi connectivity index (χ0v) is 15.6. The summed E-state index contributed by atoms with van der Waals surface area (Å²) < 4.78 is 4.93. The molecule has 7 heteroatoms. The number of nitrogens with one attached hydrogen (secondary N) is 1. The molecule has 0 aliphatic carbocycles. The highest BCUT2D eigenvalue weighted by molar-refractivity contribution is 6.16. The van der Waals surface area contributed by atoms with Gasteiger partial charge in [-0.05, 0) is 18.2 Å². The van der Waals surface area contributed by atoms with Crippen LogP contribution < -0.4 is 10.2 Å². The van der Waals surface area contributed by atoms with E-state index < -0.39 is 6.17 Å². The van der Waals surface area contributed by atoms with Crippen LogP contribution in [0.15, 0.2) is 48.5 Å². The third kappa shape index (κ3) is 2.93. The molecule has 4 rings (SSSR count). The topological polar surface area (TPSA) is 79.0 Å². The van der Waals surface area contributed by atoms with Gasteiger partial charge in [0.05, 0.1) is 17.9 Å². The number of ether oxygens (including phenoxy) is 1. The van der Waals surface area contributed by atoms with Crippen LogP contribution in [-0.2, 0) is 9.53 Å². The molecule has 2 aliphatic rings. The van der Waals surface area contributed by atoms with Gasteiger partial charge in [-0.15, -0.1) is 0 Å². The molecule has 2 aliphatic heterocycles. The number of benzene rings is 2. The predicted molar refractivity (Wildman–Crippen MR) is 103 cm³/mol. The third-order valence-corrected chi connectivity index (χ3v) is 5.09. The van der Waals surface area contributed by atoms with Gasteiger partial charge in [0.15, 0.2) is 0 Å². The molecule has 0 spiro atoms. The Labute approximate surface area is 162 Å². The fraction of sp³-hybridized carbons (Fsp3) is 0.286. The summed E-state index contributed by atoms with van der Waals surface area (Å²) in [4.78, 5) is 41.6. The summed E-state index contributed by atoms with van der Waals surface area (Å²) in [6.07, 6.45) is -0.379. The molecule has 1 unspecified atom stereocenters. The second-order valence-electron chi connectivity index (χ2n) is 6.74. The van der Waals surface area contributed by atoms with Crippen LogP contribution in [0.2, 0.25) is 0 Å². The van der Waals surface area contributed by atoms with Crippen molar-refractivity contribution in [2.45, 2.75) is 12.6 Å². The molecule has 0 saturated carbocycles. The van der Waals surface area contributed by atoms with E-state index in [1.165, 1.54) is 0 Å². The molecule has 0 bridgehead atoms. The Morgan fingerprint density at radius 3 is 2.54 bits per heavy atom. The summed E-state index contributed by atoms with van der Waals surface area (Å²) in [6, 6.07) is 14.4. The lowest BCUT2D eigenvalue weighted by Crippen LogP contribution is -2.49. The van der Waals surface area contributed by atoms with E-state index in [1.807, 2.05) is 24.3 Å². The van der Waals surface area contributed by atoms with E-state index in [2.05, 4.69) is 5.32 Å². The van der Waals surface area contributed by atoms with Gasteiger partial charge in [0, 0.05) is 37.7 Å². The molecule has 0 fully saturated rings. The van der Waals surface area contributed by atoms with Gasteiger partial charge in [0.1, 0.15) is 6.17 Å². The molecule has 1 N–H and O–H groups in total. The number of rotatable bonds is 6. The highest BCUT2D eigenvalue weighted by Gasteiger charge is 2.47. The minimum atomic E-state index is -0.530. The van der Waals surface area contributed by atoms with E-state index in [-0.39, 0.29) is 30.7 Å². The number of nitrogens with zero attached hydrogens (tertiary/aromatic N) is 2. The summed E-state index contributed by atoms with van der Waals surface area (Å²) in [5.41, 5.74) is 2.46. The fourth-order valence-electron chi connectivity index (χ4n) is 3.80. The van der Waals surface area contributed by atoms with Gasteiger partial charge in [-0.25, -0.2) is 0 Å². The molecule has 2 aromatic rings. The van der Waals surface area contributed by atoms with E-state index in [9.17, 15) is 14.4 Å². The van der Waals surface area contributed by atoms with Crippen molar-refractivity contribution in [3.8, 4) is 0 Å². The summed E-state index contributed by atoms with van der Waals surface area (Å²) in [5.74, 6) is -0.464. The second kappa shape index (κ2) is 7.44. The fourth-order valence-corrected chi connectivity index (χ4v) is 3.80. The second-order valence-corrected chi connectivity index (χ2v) is 6.74. The molecule has 28 heavy (non-hydrogen) atoms. The Morgan fingerprint density at radius 2 is 1.75 bits per heavy atom. The number of amides is 3. The van der Waals surface area contributed by atoms with Crippen LogP contribution >= 0.6 is 0 Å². The van der Waals surface area contributed by atoms with Crippen molar-refractivity contribution in [3.05, 3.63) is 65.2 Å². The van der Waals surface area contributed by atoms with Gasteiger partial charge >= 0.3 is 0 Å². The summed E-state index contributed by atoms with van der Waals surface area (Å²) in [6.45, 7) is 1.07. The van der Waals surface area contributed by atoms with Crippen LogP contribution in [0.25, 0.3) is 0 Å². The van der Waals surface area contributed by atoms with Crippen LogP contribution in [-0.4, -0.2) is 49.4 Å². The van der Waals surface area contributed by atoms with Gasteiger partial charge in [-0.3, -0.25) is 19.3 Å². The first-order valence-corrected chi connectivity index (χ1v) is 9.21. The van der Waals surface area contributed by atoms with E-state index in [1.54, 1.807) is 41.2 Å². The number of fused-ring (bicyclic) bond motifs is 5. The molecule has 3 amide bonds. The Hall–Kier alpha value is -3.19. The summed E-state index contributed by atoms with van der Waals surface area (Å²) in [5, 5.41) is 2.76. The average molecular weight is 379 g/mol. The average Bonchev–Trinajstić information content (AvgIpc) is 3.01. The molecule has 7 nitrogen and oxygen atoms in total. The number of para-hydroxylation sites is 1. The Kier molecular flexibility index (Phi) is 4.83. The first-order chi connectivity index (χ1) is 13.6. The lowest BCUT2D eigenvalue weighted by atomic mass is 10.0. The largest absolute Gasteiger partial charge is 0.383 e. The zero-order chi connectivity index (χ0) is 19.7. The number of hydrogen-bond acceptors (Lipinski definition) is 4. The van der Waals surface area contributed by atoms with Crippen molar-refractivity contribution in [2.24, 2.45) is 0 Å². The van der Waals surface area contributed by atoms with Crippen LogP contribution in [0.4, 0.5) is 5.69 Å². The monoisotopic (exact) mass is 379 g/mol. The van der Waals surface area contributed by atoms with E-state index >= 15 is 0 Å². The standard InChI is InChI=1S/C21H21N3O4/c1-28-13-11-22-18(25)10-12-23-19-14-6-2-3-7-15(14)21(27)24(19)17-9-5-4-8-16(17)20(23)26/h2-9,19H,10-13H2,1H3,(H,22,25). The number of carbonyl (C=O) groups is 3. The number of methoxy groups -OCH3 is 1. The quantitative estimate of drug-likeness (QED) is 0.778. The first-order valence-electron chi connectivity index (χ1n) is 9.21. The van der Waals surface area contributed by atoms with E-state index in [4.69, 9.17) is 4.74 Å². The summed E-state index contributed by atoms with van der Waals surface area (Å²) in [7, 11) is 1.57. The molecule has 144 valence electrons. The lowest BCUT2D eigenvalue weighted by molar-refractivity contribution is -0.121. The predicted octanol–water partition coefficient (Wildman–Crippen LogP) is 1.95. The van der Waals surface area contributed by atoms with Crippen molar-refractivity contribution in [1.82, 2.24) is 10.2 Å². The third-order valence-electron chi connectivity index (χ3n) is 5.09. The molecule has 0 saturated heterocycles. The molecule has 0 radical (unpaired) electrons. The van der Waals surface area contributed by atoms with Crippen molar-refractivity contribution < 1.29 is 19.1 Å². The maximum absolute atomic E-state index is 13.2. The highest BCUT2D eigenvalue weighted by atomic mass is 16.5. The van der Waals surface area contributed by atoms with Crippen molar-refractivity contribution >= 4 is 23.4 Å². The minimum Gasteiger partial charge on any atom is -0.383 e. The number of hydrogen-bond donors (Lipinski definition) is 1. The Bertz CT molecular complexity index is 943. The van der Waals surface area contributed by atoms with E-state index in [0.717, 1.165) is 5.56 Å². The van der Waals surface area contributed by atoms with Crippen LogP contribution in [0.1, 0.15) is 38.9 Å². The Balaban J connectivity index is 1.65. The lowest BCUT2D eigenvalue weighted by Gasteiger charge is -2.40. The molecule has 2 aromatic carbocycles. The van der Waals surface area contributed by atoms with Crippen LogP contribution in [0.3, 0.4) is 0 Å². The van der Waals surface area contributed by atoms with Gasteiger partial charge in [-0.1, -0.05) is 30.3 Å². The molecule has 1 atom stereocenters.